The first-order valence-electron chi connectivity index (χ1n) is 21.1. The third-order valence-corrected chi connectivity index (χ3v) is 13.2. The number of anilines is 3. The van der Waals surface area contributed by atoms with Crippen LogP contribution in [0.25, 0.3) is 104 Å². The van der Waals surface area contributed by atoms with Crippen molar-refractivity contribution in [3.05, 3.63) is 179 Å². The first-order valence-corrected chi connectivity index (χ1v) is 21.1. The van der Waals surface area contributed by atoms with Gasteiger partial charge in [0, 0.05) is 60.2 Å². The van der Waals surface area contributed by atoms with E-state index < -0.39 is 0 Å². The topological polar surface area (TPSA) is 58.2 Å². The van der Waals surface area contributed by atoms with Crippen molar-refractivity contribution in [2.24, 2.45) is 0 Å². The molecule has 0 amide bonds. The van der Waals surface area contributed by atoms with Crippen LogP contribution in [-0.4, -0.2) is 4.57 Å². The molecule has 13 aromatic rings. The summed E-state index contributed by atoms with van der Waals surface area (Å²) < 4.78 is 15.1. The van der Waals surface area contributed by atoms with Gasteiger partial charge in [-0.1, -0.05) is 90.0 Å². The molecule has 0 aliphatic rings. The Bertz CT molecular complexity index is 4120. The molecule has 0 unspecified atom stereocenters. The molecule has 0 N–H and O–H groups in total. The predicted molar refractivity (Wildman–Crippen MR) is 257 cm³/mol. The zero-order chi connectivity index (χ0) is 41.5. The second-order valence-corrected chi connectivity index (χ2v) is 17.1. The molecule has 0 aliphatic carbocycles. The molecular formula is C57H37N3O2. The van der Waals surface area contributed by atoms with E-state index in [1.807, 2.05) is 24.3 Å². The van der Waals surface area contributed by atoms with Gasteiger partial charge in [0.15, 0.2) is 0 Å². The van der Waals surface area contributed by atoms with Crippen LogP contribution in [-0.2, 0) is 0 Å². The standard InChI is InChI=1S/C57H37N3O2/c1-31-13-20-48(33(3)23-31)59(38-16-21-51-44(28-38)40-9-5-7-11-49(40)61-51)56-37(30-58)26-35-14-19-43-54-36(15-18-42(56)53(35)54)27-47-46-25-32(2)24-34(4)55(46)60(57(43)47)39-17-22-52-45(29-39)41-10-6-8-12-50(41)62-52/h5-29H,1-4H3. The van der Waals surface area contributed by atoms with Crippen molar-refractivity contribution in [2.75, 3.05) is 4.90 Å². The van der Waals surface area contributed by atoms with Crippen LogP contribution in [0.3, 0.4) is 0 Å². The summed E-state index contributed by atoms with van der Waals surface area (Å²) in [5.41, 5.74) is 15.1. The van der Waals surface area contributed by atoms with E-state index in [0.717, 1.165) is 93.9 Å². The molecule has 13 rings (SSSR count). The van der Waals surface area contributed by atoms with Crippen LogP contribution in [0.5, 0.6) is 0 Å². The molecule has 0 bridgehead atoms. The van der Waals surface area contributed by atoms with Crippen molar-refractivity contribution in [1.82, 2.24) is 4.57 Å². The van der Waals surface area contributed by atoms with Crippen LogP contribution in [0.15, 0.2) is 160 Å². The molecule has 0 spiro atoms. The molecule has 5 nitrogen and oxygen atoms in total. The molecule has 0 saturated carbocycles. The summed E-state index contributed by atoms with van der Waals surface area (Å²) in [7, 11) is 0. The van der Waals surface area contributed by atoms with E-state index in [0.29, 0.717) is 5.56 Å². The van der Waals surface area contributed by atoms with Gasteiger partial charge >= 0.3 is 0 Å². The van der Waals surface area contributed by atoms with Crippen molar-refractivity contribution >= 4 is 115 Å². The maximum absolute atomic E-state index is 11.1. The number of furan rings is 2. The fourth-order valence-corrected chi connectivity index (χ4v) is 10.7. The van der Waals surface area contributed by atoms with Crippen LogP contribution < -0.4 is 4.90 Å². The number of aromatic nitrogens is 1. The Morgan fingerprint density at radius 1 is 0.468 bits per heavy atom. The van der Waals surface area contributed by atoms with Crippen LogP contribution in [0.2, 0.25) is 0 Å². The SMILES string of the molecule is Cc1ccc(N(c2ccc3oc4ccccc4c3c2)c2c(C#N)cc3ccc4c5c(ccc2c35)cc2c3cc(C)cc(C)c3n(-c3ccc5oc6ccccc6c5c3)c24)c(C)c1. The quantitative estimate of drug-likeness (QED) is 0.167. The van der Waals surface area contributed by atoms with Crippen molar-refractivity contribution in [2.45, 2.75) is 27.7 Å². The lowest BCUT2D eigenvalue weighted by atomic mass is 9.89. The second-order valence-electron chi connectivity index (χ2n) is 17.1. The highest BCUT2D eigenvalue weighted by atomic mass is 16.3. The van der Waals surface area contributed by atoms with Gasteiger partial charge in [0.05, 0.1) is 22.3 Å². The smallest absolute Gasteiger partial charge is 0.135 e. The molecule has 0 saturated heterocycles. The minimum Gasteiger partial charge on any atom is -0.456 e. The van der Waals surface area contributed by atoms with Crippen molar-refractivity contribution in [3.8, 4) is 11.8 Å². The first kappa shape index (κ1) is 34.8. The minimum absolute atomic E-state index is 0.610. The van der Waals surface area contributed by atoms with Crippen LogP contribution >= 0.6 is 0 Å². The monoisotopic (exact) mass is 795 g/mol. The van der Waals surface area contributed by atoms with Crippen LogP contribution in [0.4, 0.5) is 17.1 Å². The average molecular weight is 796 g/mol. The van der Waals surface area contributed by atoms with Gasteiger partial charge in [-0.05, 0) is 133 Å². The normalized spacial score (nSPS) is 12.2. The molecule has 0 fully saturated rings. The molecule has 10 aromatic carbocycles. The van der Waals surface area contributed by atoms with Gasteiger partial charge in [0.25, 0.3) is 0 Å². The molecule has 0 atom stereocenters. The Hall–Kier alpha value is -8.07. The van der Waals surface area contributed by atoms with Gasteiger partial charge in [-0.3, -0.25) is 0 Å². The summed E-state index contributed by atoms with van der Waals surface area (Å²) in [4.78, 5) is 2.30. The van der Waals surface area contributed by atoms with Crippen LogP contribution in [0, 0.1) is 39.0 Å². The van der Waals surface area contributed by atoms with Gasteiger partial charge in [-0.15, -0.1) is 0 Å². The lowest BCUT2D eigenvalue weighted by molar-refractivity contribution is 0.668. The number of hydrogen-bond donors (Lipinski definition) is 0. The lowest BCUT2D eigenvalue weighted by Gasteiger charge is -2.30. The summed E-state index contributed by atoms with van der Waals surface area (Å²) in [6.45, 7) is 8.70. The Morgan fingerprint density at radius 2 is 1.10 bits per heavy atom. The van der Waals surface area contributed by atoms with Crippen molar-refractivity contribution < 1.29 is 8.83 Å². The fourth-order valence-electron chi connectivity index (χ4n) is 10.7. The Kier molecular flexibility index (Phi) is 7.00. The zero-order valence-electron chi connectivity index (χ0n) is 34.6. The Balaban J connectivity index is 1.15. The molecule has 0 radical (unpaired) electrons. The Labute approximate surface area is 356 Å². The molecular weight excluding hydrogens is 759 g/mol. The molecule has 5 heteroatoms. The average Bonchev–Trinajstić information content (AvgIpc) is 3.95. The van der Waals surface area contributed by atoms with Gasteiger partial charge in [0.2, 0.25) is 0 Å². The number of aryl methyl sites for hydroxylation is 4. The van der Waals surface area contributed by atoms with E-state index in [1.165, 1.54) is 49.1 Å². The number of fused-ring (bicyclic) bond motifs is 10. The largest absolute Gasteiger partial charge is 0.456 e. The number of para-hydroxylation sites is 2. The van der Waals surface area contributed by atoms with Gasteiger partial charge < -0.3 is 18.3 Å². The van der Waals surface area contributed by atoms with Gasteiger partial charge in [-0.25, -0.2) is 0 Å². The maximum Gasteiger partial charge on any atom is 0.135 e. The molecule has 0 aliphatic heterocycles. The van der Waals surface area contributed by atoms with Crippen molar-refractivity contribution in [3.63, 3.8) is 0 Å². The minimum atomic E-state index is 0.610. The Morgan fingerprint density at radius 3 is 1.84 bits per heavy atom. The fraction of sp³-hybridized carbons (Fsp3) is 0.0702. The predicted octanol–water partition coefficient (Wildman–Crippen LogP) is 16.1. The first-order chi connectivity index (χ1) is 30.3. The molecule has 3 heterocycles. The van der Waals surface area contributed by atoms with Crippen molar-refractivity contribution in [1.29, 1.82) is 5.26 Å². The van der Waals surface area contributed by atoms with Gasteiger partial charge in [0.1, 0.15) is 28.4 Å². The van der Waals surface area contributed by atoms with Crippen LogP contribution in [0.1, 0.15) is 27.8 Å². The van der Waals surface area contributed by atoms with E-state index in [4.69, 9.17) is 8.83 Å². The molecule has 62 heavy (non-hydrogen) atoms. The molecule has 292 valence electrons. The number of benzene rings is 10. The van der Waals surface area contributed by atoms with E-state index in [9.17, 15) is 5.26 Å². The second kappa shape index (κ2) is 12.5. The number of nitrogens with zero attached hydrogens (tertiary/aromatic N) is 3. The van der Waals surface area contributed by atoms with E-state index in [1.54, 1.807) is 0 Å². The summed E-state index contributed by atoms with van der Waals surface area (Å²) in [5.74, 6) is 0. The van der Waals surface area contributed by atoms with E-state index in [2.05, 4.69) is 171 Å². The number of hydrogen-bond acceptors (Lipinski definition) is 4. The molecule has 3 aromatic heterocycles. The lowest BCUT2D eigenvalue weighted by Crippen LogP contribution is -2.14. The third-order valence-electron chi connectivity index (χ3n) is 13.2. The third kappa shape index (κ3) is 4.72. The summed E-state index contributed by atoms with van der Waals surface area (Å²) in [6.07, 6.45) is 0. The number of rotatable bonds is 4. The summed E-state index contributed by atoms with van der Waals surface area (Å²) in [6, 6.07) is 56.8. The van der Waals surface area contributed by atoms with E-state index >= 15 is 0 Å². The number of nitriles is 1. The maximum atomic E-state index is 11.1. The summed E-state index contributed by atoms with van der Waals surface area (Å²) in [5, 5.41) is 24.6. The highest BCUT2D eigenvalue weighted by Gasteiger charge is 2.26. The zero-order valence-corrected chi connectivity index (χ0v) is 34.6. The summed E-state index contributed by atoms with van der Waals surface area (Å²) >= 11 is 0. The highest BCUT2D eigenvalue weighted by molar-refractivity contribution is 6.33. The van der Waals surface area contributed by atoms with Gasteiger partial charge in [-0.2, -0.15) is 5.26 Å². The van der Waals surface area contributed by atoms with E-state index in [-0.39, 0.29) is 0 Å². The highest BCUT2D eigenvalue weighted by Crippen LogP contribution is 2.50.